The summed E-state index contributed by atoms with van der Waals surface area (Å²) in [5.41, 5.74) is 6.80. The van der Waals surface area contributed by atoms with Crippen LogP contribution in [0.25, 0.3) is 16.8 Å². The first-order chi connectivity index (χ1) is 9.45. The fourth-order valence-electron chi connectivity index (χ4n) is 1.92. The lowest BCUT2D eigenvalue weighted by atomic mass is 10.1. The summed E-state index contributed by atoms with van der Waals surface area (Å²) in [5.74, 6) is 0. The van der Waals surface area contributed by atoms with Crippen molar-refractivity contribution in [3.8, 4) is 11.1 Å². The maximum atomic E-state index is 12.7. The van der Waals surface area contributed by atoms with Crippen molar-refractivity contribution in [1.82, 2.24) is 14.6 Å². The zero-order valence-electron chi connectivity index (χ0n) is 10.1. The first-order valence-electron chi connectivity index (χ1n) is 5.71. The topological polar surface area (TPSA) is 56.2 Å². The molecule has 0 unspecified atom stereocenters. The van der Waals surface area contributed by atoms with E-state index < -0.39 is 11.7 Å². The molecule has 0 aliphatic carbocycles. The quantitative estimate of drug-likeness (QED) is 0.744. The fourth-order valence-corrected chi connectivity index (χ4v) is 1.92. The Balaban J connectivity index is 2.11. The number of halogens is 3. The first-order valence-corrected chi connectivity index (χ1v) is 5.71. The summed E-state index contributed by atoms with van der Waals surface area (Å²) in [6, 6.07) is 5.06. The fraction of sp³-hybridized carbons (Fsp3) is 0.0769. The van der Waals surface area contributed by atoms with E-state index in [4.69, 9.17) is 5.73 Å². The average molecular weight is 278 g/mol. The SMILES string of the molecule is Nc1cnn2cc(-c3cccc(C(F)(F)F)c3)cnc12. The number of nitrogens with zero attached hydrogens (tertiary/aromatic N) is 3. The van der Waals surface area contributed by atoms with Gasteiger partial charge in [-0.3, -0.25) is 0 Å². The monoisotopic (exact) mass is 278 g/mol. The molecule has 0 radical (unpaired) electrons. The van der Waals surface area contributed by atoms with E-state index in [-0.39, 0.29) is 0 Å². The van der Waals surface area contributed by atoms with Gasteiger partial charge in [0.1, 0.15) is 0 Å². The van der Waals surface area contributed by atoms with Crippen LogP contribution in [0.5, 0.6) is 0 Å². The third-order valence-electron chi connectivity index (χ3n) is 2.91. The highest BCUT2D eigenvalue weighted by molar-refractivity contribution is 5.68. The molecule has 0 spiro atoms. The van der Waals surface area contributed by atoms with E-state index in [0.29, 0.717) is 22.5 Å². The molecular weight excluding hydrogens is 269 g/mol. The minimum atomic E-state index is -4.37. The van der Waals surface area contributed by atoms with Crippen LogP contribution in [0.1, 0.15) is 5.56 Å². The van der Waals surface area contributed by atoms with E-state index in [1.807, 2.05) is 0 Å². The number of nitrogens with two attached hydrogens (primary N) is 1. The van der Waals surface area contributed by atoms with Gasteiger partial charge in [-0.25, -0.2) is 9.50 Å². The number of aromatic nitrogens is 3. The zero-order valence-corrected chi connectivity index (χ0v) is 10.1. The molecule has 2 aromatic heterocycles. The third kappa shape index (κ3) is 2.07. The van der Waals surface area contributed by atoms with Gasteiger partial charge in [0, 0.05) is 18.0 Å². The second-order valence-electron chi connectivity index (χ2n) is 4.29. The number of hydrogen-bond donors (Lipinski definition) is 1. The molecule has 0 bridgehead atoms. The highest BCUT2D eigenvalue weighted by Crippen LogP contribution is 2.32. The molecule has 0 fully saturated rings. The molecule has 0 amide bonds. The van der Waals surface area contributed by atoms with E-state index in [1.54, 1.807) is 12.3 Å². The highest BCUT2D eigenvalue weighted by atomic mass is 19.4. The van der Waals surface area contributed by atoms with Crippen LogP contribution in [0.2, 0.25) is 0 Å². The van der Waals surface area contributed by atoms with Crippen LogP contribution in [-0.4, -0.2) is 14.6 Å². The Morgan fingerprint density at radius 1 is 1.10 bits per heavy atom. The molecule has 0 saturated carbocycles. The Morgan fingerprint density at radius 2 is 1.90 bits per heavy atom. The van der Waals surface area contributed by atoms with Crippen molar-refractivity contribution in [3.05, 3.63) is 48.4 Å². The summed E-state index contributed by atoms with van der Waals surface area (Å²) in [6.45, 7) is 0. The number of fused-ring (bicyclic) bond motifs is 1. The molecule has 7 heteroatoms. The van der Waals surface area contributed by atoms with Crippen molar-refractivity contribution >= 4 is 11.3 Å². The van der Waals surface area contributed by atoms with E-state index in [1.165, 1.54) is 23.0 Å². The van der Waals surface area contributed by atoms with Crippen LogP contribution in [0.4, 0.5) is 18.9 Å². The second-order valence-corrected chi connectivity index (χ2v) is 4.29. The lowest BCUT2D eigenvalue weighted by Crippen LogP contribution is -2.04. The van der Waals surface area contributed by atoms with Crippen LogP contribution in [0.15, 0.2) is 42.9 Å². The predicted octanol–water partition coefficient (Wildman–Crippen LogP) is 3.00. The molecule has 0 aliphatic rings. The van der Waals surface area contributed by atoms with Gasteiger partial charge in [-0.1, -0.05) is 12.1 Å². The molecule has 3 aromatic rings. The van der Waals surface area contributed by atoms with Crippen molar-refractivity contribution < 1.29 is 13.2 Å². The Hall–Kier alpha value is -2.57. The van der Waals surface area contributed by atoms with Gasteiger partial charge in [-0.15, -0.1) is 0 Å². The standard InChI is InChI=1S/C13H9F3N4/c14-13(15,16)10-3-1-2-8(4-10)9-5-18-12-11(17)6-19-20(12)7-9/h1-7H,17H2. The van der Waals surface area contributed by atoms with Crippen LogP contribution < -0.4 is 5.73 Å². The lowest BCUT2D eigenvalue weighted by Gasteiger charge is -2.08. The Labute approximate surface area is 111 Å². The van der Waals surface area contributed by atoms with Crippen LogP contribution in [0.3, 0.4) is 0 Å². The Kier molecular flexibility index (Phi) is 2.63. The Bertz CT molecular complexity index is 777. The third-order valence-corrected chi connectivity index (χ3v) is 2.91. The van der Waals surface area contributed by atoms with E-state index in [9.17, 15) is 13.2 Å². The molecular formula is C13H9F3N4. The smallest absolute Gasteiger partial charge is 0.394 e. The minimum Gasteiger partial charge on any atom is -0.394 e. The number of nitrogen functional groups attached to an aromatic ring is 1. The summed E-state index contributed by atoms with van der Waals surface area (Å²) in [5, 5.41) is 3.98. The summed E-state index contributed by atoms with van der Waals surface area (Å²) >= 11 is 0. The maximum Gasteiger partial charge on any atom is 0.416 e. The molecule has 0 atom stereocenters. The van der Waals surface area contributed by atoms with Gasteiger partial charge in [0.25, 0.3) is 0 Å². The summed E-state index contributed by atoms with van der Waals surface area (Å²) in [6.07, 6.45) is 0.138. The largest absolute Gasteiger partial charge is 0.416 e. The summed E-state index contributed by atoms with van der Waals surface area (Å²) in [4.78, 5) is 4.10. The van der Waals surface area contributed by atoms with Gasteiger partial charge >= 0.3 is 6.18 Å². The van der Waals surface area contributed by atoms with Gasteiger partial charge in [-0.2, -0.15) is 18.3 Å². The molecule has 3 rings (SSSR count). The van der Waals surface area contributed by atoms with E-state index in [2.05, 4.69) is 10.1 Å². The lowest BCUT2D eigenvalue weighted by molar-refractivity contribution is -0.137. The van der Waals surface area contributed by atoms with Crippen LogP contribution in [0, 0.1) is 0 Å². The average Bonchev–Trinajstić information content (AvgIpc) is 2.79. The van der Waals surface area contributed by atoms with Gasteiger partial charge < -0.3 is 5.73 Å². The molecule has 0 aliphatic heterocycles. The van der Waals surface area contributed by atoms with Crippen molar-refractivity contribution in [2.45, 2.75) is 6.18 Å². The highest BCUT2D eigenvalue weighted by Gasteiger charge is 2.30. The molecule has 0 saturated heterocycles. The Morgan fingerprint density at radius 3 is 2.65 bits per heavy atom. The van der Waals surface area contributed by atoms with Crippen molar-refractivity contribution in [2.75, 3.05) is 5.73 Å². The van der Waals surface area contributed by atoms with Crippen LogP contribution >= 0.6 is 0 Å². The normalized spacial score (nSPS) is 11.9. The number of anilines is 1. The van der Waals surface area contributed by atoms with Crippen molar-refractivity contribution in [1.29, 1.82) is 0 Å². The summed E-state index contributed by atoms with van der Waals surface area (Å²) in [7, 11) is 0. The predicted molar refractivity (Wildman–Crippen MR) is 67.8 cm³/mol. The first kappa shape index (κ1) is 12.5. The zero-order chi connectivity index (χ0) is 14.3. The minimum absolute atomic E-state index is 0.417. The van der Waals surface area contributed by atoms with Gasteiger partial charge in [-0.05, 0) is 17.7 Å². The molecule has 1 aromatic carbocycles. The maximum absolute atomic E-state index is 12.7. The molecule has 2 heterocycles. The van der Waals surface area contributed by atoms with Gasteiger partial charge in [0.05, 0.1) is 17.4 Å². The van der Waals surface area contributed by atoms with Gasteiger partial charge in [0.15, 0.2) is 5.65 Å². The molecule has 4 nitrogen and oxygen atoms in total. The molecule has 20 heavy (non-hydrogen) atoms. The van der Waals surface area contributed by atoms with E-state index >= 15 is 0 Å². The van der Waals surface area contributed by atoms with Gasteiger partial charge in [0.2, 0.25) is 0 Å². The van der Waals surface area contributed by atoms with E-state index in [0.717, 1.165) is 12.1 Å². The molecule has 102 valence electrons. The number of hydrogen-bond acceptors (Lipinski definition) is 3. The number of rotatable bonds is 1. The number of alkyl halides is 3. The number of benzene rings is 1. The second kappa shape index (κ2) is 4.22. The summed E-state index contributed by atoms with van der Waals surface area (Å²) < 4.78 is 39.5. The van der Waals surface area contributed by atoms with Crippen LogP contribution in [-0.2, 0) is 6.18 Å². The van der Waals surface area contributed by atoms with Crippen molar-refractivity contribution in [3.63, 3.8) is 0 Å². The molecule has 2 N–H and O–H groups in total. The van der Waals surface area contributed by atoms with Crippen molar-refractivity contribution in [2.24, 2.45) is 0 Å².